The molecule has 0 bridgehead atoms. The van der Waals surface area contributed by atoms with Gasteiger partial charge in [0, 0.05) is 6.54 Å². The minimum Gasteiger partial charge on any atom is -0.370 e. The molecule has 0 atom stereocenters. The van der Waals surface area contributed by atoms with Crippen molar-refractivity contribution in [2.45, 2.75) is 6.42 Å². The Labute approximate surface area is 91.7 Å². The van der Waals surface area contributed by atoms with Crippen LogP contribution in [0.2, 0.25) is 0 Å². The van der Waals surface area contributed by atoms with Crippen LogP contribution in [-0.4, -0.2) is 23.5 Å². The maximum atomic E-state index is 4.27. The standard InChI is InChI=1S/C9H13BrN2S/c1-13-7-3-6-11-9-5-2-4-8(10)12-9/h2,4-5H,3,6-7H2,1H3,(H,11,12). The van der Waals surface area contributed by atoms with Crippen LogP contribution in [0, 0.1) is 0 Å². The zero-order chi connectivity index (χ0) is 9.52. The zero-order valence-corrected chi connectivity index (χ0v) is 9.99. The van der Waals surface area contributed by atoms with Crippen molar-refractivity contribution in [2.75, 3.05) is 23.9 Å². The van der Waals surface area contributed by atoms with Gasteiger partial charge in [-0.3, -0.25) is 0 Å². The van der Waals surface area contributed by atoms with Crippen LogP contribution >= 0.6 is 27.7 Å². The van der Waals surface area contributed by atoms with E-state index < -0.39 is 0 Å². The lowest BCUT2D eigenvalue weighted by Gasteiger charge is -2.04. The number of nitrogens with one attached hydrogen (secondary N) is 1. The lowest BCUT2D eigenvalue weighted by atomic mass is 10.4. The van der Waals surface area contributed by atoms with Gasteiger partial charge in [-0.2, -0.15) is 11.8 Å². The first-order valence-corrected chi connectivity index (χ1v) is 6.37. The van der Waals surface area contributed by atoms with E-state index in [4.69, 9.17) is 0 Å². The maximum absolute atomic E-state index is 4.27. The van der Waals surface area contributed by atoms with E-state index in [9.17, 15) is 0 Å². The van der Waals surface area contributed by atoms with E-state index >= 15 is 0 Å². The maximum Gasteiger partial charge on any atom is 0.127 e. The number of rotatable bonds is 5. The molecule has 0 amide bonds. The molecule has 0 aliphatic heterocycles. The van der Waals surface area contributed by atoms with Gasteiger partial charge in [0.05, 0.1) is 0 Å². The molecule has 1 aromatic heterocycles. The van der Waals surface area contributed by atoms with Gasteiger partial charge in [0.1, 0.15) is 10.4 Å². The molecule has 4 heteroatoms. The van der Waals surface area contributed by atoms with Gasteiger partial charge in [-0.1, -0.05) is 6.07 Å². The van der Waals surface area contributed by atoms with Gasteiger partial charge in [-0.15, -0.1) is 0 Å². The molecule has 2 nitrogen and oxygen atoms in total. The van der Waals surface area contributed by atoms with Crippen LogP contribution in [-0.2, 0) is 0 Å². The summed E-state index contributed by atoms with van der Waals surface area (Å²) in [6.07, 6.45) is 3.30. The molecule has 0 spiro atoms. The molecule has 0 aromatic carbocycles. The van der Waals surface area contributed by atoms with E-state index in [1.165, 1.54) is 12.2 Å². The average Bonchev–Trinajstić information content (AvgIpc) is 2.13. The molecule has 1 N–H and O–H groups in total. The minimum absolute atomic E-state index is 0.877. The van der Waals surface area contributed by atoms with Crippen LogP contribution < -0.4 is 5.32 Å². The number of hydrogen-bond acceptors (Lipinski definition) is 3. The van der Waals surface area contributed by atoms with E-state index in [1.807, 2.05) is 30.0 Å². The fraction of sp³-hybridized carbons (Fsp3) is 0.444. The first-order valence-electron chi connectivity index (χ1n) is 4.18. The third kappa shape index (κ3) is 4.52. The van der Waals surface area contributed by atoms with Crippen molar-refractivity contribution >= 4 is 33.5 Å². The number of thioether (sulfide) groups is 1. The Morgan fingerprint density at radius 2 is 2.38 bits per heavy atom. The van der Waals surface area contributed by atoms with E-state index in [0.29, 0.717) is 0 Å². The van der Waals surface area contributed by atoms with Crippen LogP contribution in [0.3, 0.4) is 0 Å². The van der Waals surface area contributed by atoms with Crippen LogP contribution in [0.25, 0.3) is 0 Å². The second-order valence-corrected chi connectivity index (χ2v) is 4.42. The van der Waals surface area contributed by atoms with Crippen molar-refractivity contribution in [3.8, 4) is 0 Å². The Morgan fingerprint density at radius 1 is 1.54 bits per heavy atom. The number of halogens is 1. The Morgan fingerprint density at radius 3 is 3.08 bits per heavy atom. The number of pyridine rings is 1. The summed E-state index contributed by atoms with van der Waals surface area (Å²) in [7, 11) is 0. The second kappa shape index (κ2) is 6.27. The molecule has 1 aromatic rings. The lowest BCUT2D eigenvalue weighted by Crippen LogP contribution is -2.03. The SMILES string of the molecule is CSCCCNc1cccc(Br)n1. The largest absolute Gasteiger partial charge is 0.370 e. The van der Waals surface area contributed by atoms with Gasteiger partial charge < -0.3 is 5.32 Å². The van der Waals surface area contributed by atoms with Crippen molar-refractivity contribution in [1.29, 1.82) is 0 Å². The van der Waals surface area contributed by atoms with Gasteiger partial charge in [0.25, 0.3) is 0 Å². The quantitative estimate of drug-likeness (QED) is 0.651. The third-order valence-electron chi connectivity index (χ3n) is 1.55. The summed E-state index contributed by atoms with van der Waals surface area (Å²) in [6.45, 7) is 0.990. The molecule has 0 unspecified atom stereocenters. The van der Waals surface area contributed by atoms with Gasteiger partial charge in [-0.05, 0) is 46.5 Å². The highest BCUT2D eigenvalue weighted by Gasteiger charge is 1.93. The first-order chi connectivity index (χ1) is 6.33. The fourth-order valence-electron chi connectivity index (χ4n) is 0.940. The molecular weight excluding hydrogens is 248 g/mol. The molecule has 0 fully saturated rings. The molecule has 13 heavy (non-hydrogen) atoms. The molecule has 1 heterocycles. The summed E-state index contributed by atoms with van der Waals surface area (Å²) in [6, 6.07) is 5.88. The van der Waals surface area contributed by atoms with Gasteiger partial charge in [0.15, 0.2) is 0 Å². The molecule has 0 saturated heterocycles. The molecule has 0 saturated carbocycles. The normalized spacial score (nSPS) is 10.0. The Hall–Kier alpha value is -0.220. The topological polar surface area (TPSA) is 24.9 Å². The van der Waals surface area contributed by atoms with Crippen LogP contribution in [0.4, 0.5) is 5.82 Å². The minimum atomic E-state index is 0.877. The number of hydrogen-bond donors (Lipinski definition) is 1. The van der Waals surface area contributed by atoms with Crippen molar-refractivity contribution < 1.29 is 0 Å². The predicted octanol–water partition coefficient (Wildman–Crippen LogP) is 3.01. The van der Waals surface area contributed by atoms with Crippen molar-refractivity contribution in [2.24, 2.45) is 0 Å². The van der Waals surface area contributed by atoms with Crippen molar-refractivity contribution in [3.63, 3.8) is 0 Å². The highest BCUT2D eigenvalue weighted by molar-refractivity contribution is 9.10. The zero-order valence-electron chi connectivity index (χ0n) is 7.59. The van der Waals surface area contributed by atoms with Crippen LogP contribution in [0.5, 0.6) is 0 Å². The Kier molecular flexibility index (Phi) is 5.23. The summed E-state index contributed by atoms with van der Waals surface area (Å²) in [5, 5.41) is 3.27. The van der Waals surface area contributed by atoms with E-state index in [-0.39, 0.29) is 0 Å². The lowest BCUT2D eigenvalue weighted by molar-refractivity contribution is 0.980. The van der Waals surface area contributed by atoms with Crippen molar-refractivity contribution in [1.82, 2.24) is 4.98 Å². The predicted molar refractivity (Wildman–Crippen MR) is 63.4 cm³/mol. The third-order valence-corrected chi connectivity index (χ3v) is 2.69. The molecule has 0 aliphatic carbocycles. The summed E-state index contributed by atoms with van der Waals surface area (Å²) >= 11 is 5.20. The average molecular weight is 261 g/mol. The van der Waals surface area contributed by atoms with E-state index in [2.05, 4.69) is 32.5 Å². The van der Waals surface area contributed by atoms with E-state index in [0.717, 1.165) is 17.0 Å². The Balaban J connectivity index is 2.28. The fourth-order valence-corrected chi connectivity index (χ4v) is 1.72. The highest BCUT2D eigenvalue weighted by Crippen LogP contribution is 2.09. The van der Waals surface area contributed by atoms with E-state index in [1.54, 1.807) is 0 Å². The van der Waals surface area contributed by atoms with Gasteiger partial charge >= 0.3 is 0 Å². The van der Waals surface area contributed by atoms with Crippen LogP contribution in [0.1, 0.15) is 6.42 Å². The molecular formula is C9H13BrN2S. The van der Waals surface area contributed by atoms with Crippen LogP contribution in [0.15, 0.2) is 22.8 Å². The monoisotopic (exact) mass is 260 g/mol. The van der Waals surface area contributed by atoms with Gasteiger partial charge in [-0.25, -0.2) is 4.98 Å². The molecule has 0 radical (unpaired) electrons. The number of anilines is 1. The second-order valence-electron chi connectivity index (χ2n) is 2.62. The summed E-state index contributed by atoms with van der Waals surface area (Å²) in [5.74, 6) is 2.14. The first kappa shape index (κ1) is 10.9. The molecule has 0 aliphatic rings. The number of aromatic nitrogens is 1. The summed E-state index contributed by atoms with van der Waals surface area (Å²) in [4.78, 5) is 4.27. The van der Waals surface area contributed by atoms with Crippen molar-refractivity contribution in [3.05, 3.63) is 22.8 Å². The highest BCUT2D eigenvalue weighted by atomic mass is 79.9. The number of nitrogens with zero attached hydrogens (tertiary/aromatic N) is 1. The summed E-state index contributed by atoms with van der Waals surface area (Å²) < 4.78 is 0.877. The molecule has 1 rings (SSSR count). The molecule has 72 valence electrons. The smallest absolute Gasteiger partial charge is 0.127 e. The Bertz CT molecular complexity index is 255. The van der Waals surface area contributed by atoms with Gasteiger partial charge in [0.2, 0.25) is 0 Å². The summed E-state index contributed by atoms with van der Waals surface area (Å²) in [5.41, 5.74) is 0.